The summed E-state index contributed by atoms with van der Waals surface area (Å²) in [6.45, 7) is 1.91. The third-order valence-corrected chi connectivity index (χ3v) is 6.23. The van der Waals surface area contributed by atoms with Crippen molar-refractivity contribution < 1.29 is 24.2 Å². The number of carbonyl (C=O) groups is 3. The van der Waals surface area contributed by atoms with Crippen LogP contribution in [0.2, 0.25) is 0 Å². The van der Waals surface area contributed by atoms with Gasteiger partial charge in [-0.1, -0.05) is 71.4 Å². The van der Waals surface area contributed by atoms with Gasteiger partial charge in [0, 0.05) is 16.1 Å². The molecule has 1 aliphatic carbocycles. The monoisotopic (exact) mass is 522 g/mol. The Morgan fingerprint density at radius 1 is 1.00 bits per heavy atom. The summed E-state index contributed by atoms with van der Waals surface area (Å²) in [7, 11) is 0. The summed E-state index contributed by atoms with van der Waals surface area (Å²) in [5.41, 5.74) is 4.81. The van der Waals surface area contributed by atoms with E-state index in [1.165, 1.54) is 12.1 Å². The quantitative estimate of drug-likeness (QED) is 0.385. The third kappa shape index (κ3) is 4.97. The van der Waals surface area contributed by atoms with Gasteiger partial charge < -0.3 is 20.5 Å². The van der Waals surface area contributed by atoms with Gasteiger partial charge in [-0.25, -0.2) is 9.59 Å². The van der Waals surface area contributed by atoms with E-state index in [9.17, 15) is 19.5 Å². The fourth-order valence-electron chi connectivity index (χ4n) is 4.15. The summed E-state index contributed by atoms with van der Waals surface area (Å²) in [4.78, 5) is 36.5. The van der Waals surface area contributed by atoms with Crippen LogP contribution in [0.4, 0.5) is 10.5 Å². The summed E-state index contributed by atoms with van der Waals surface area (Å²) >= 11 is 3.24. The van der Waals surface area contributed by atoms with E-state index in [1.54, 1.807) is 13.0 Å². The van der Waals surface area contributed by atoms with Gasteiger partial charge in [-0.2, -0.15) is 0 Å². The van der Waals surface area contributed by atoms with Crippen LogP contribution in [-0.2, 0) is 9.53 Å². The molecule has 0 saturated heterocycles. The van der Waals surface area contributed by atoms with Crippen molar-refractivity contribution in [2.24, 2.45) is 0 Å². The topological polar surface area (TPSA) is 105 Å². The van der Waals surface area contributed by atoms with Crippen LogP contribution in [0.3, 0.4) is 0 Å². The molecule has 1 aliphatic rings. The van der Waals surface area contributed by atoms with Gasteiger partial charge in [0.15, 0.2) is 0 Å². The number of amides is 2. The Balaban J connectivity index is 1.40. The zero-order valence-corrected chi connectivity index (χ0v) is 20.0. The molecule has 0 spiro atoms. The Labute approximate surface area is 205 Å². The minimum absolute atomic E-state index is 0.0298. The Hall–Kier alpha value is -3.65. The lowest BCUT2D eigenvalue weighted by Crippen LogP contribution is -2.43. The van der Waals surface area contributed by atoms with Crippen LogP contribution in [0, 0.1) is 0 Å². The molecule has 34 heavy (non-hydrogen) atoms. The standard InChI is InChI=1S/C26H23BrN2O5/c1-2-23(24(30)28-17-12-15(25(31)32)11-16(27)13-17)29-26(33)34-14-22-20-9-5-3-7-18(20)19-8-4-6-10-21(19)22/h3-13,22-23H,2,14H2,1H3,(H,28,30)(H,29,33)(H,31,32)/t23-/m0/s1. The summed E-state index contributed by atoms with van der Waals surface area (Å²) in [5, 5.41) is 14.5. The summed E-state index contributed by atoms with van der Waals surface area (Å²) in [6.07, 6.45) is -0.361. The lowest BCUT2D eigenvalue weighted by molar-refractivity contribution is -0.118. The predicted octanol–water partition coefficient (Wildman–Crippen LogP) is 5.40. The van der Waals surface area contributed by atoms with E-state index in [0.717, 1.165) is 22.3 Å². The molecule has 1 atom stereocenters. The van der Waals surface area contributed by atoms with E-state index >= 15 is 0 Å². The number of halogens is 1. The molecule has 0 saturated carbocycles. The first-order valence-electron chi connectivity index (χ1n) is 10.8. The molecule has 0 aromatic heterocycles. The molecule has 0 radical (unpaired) electrons. The highest BCUT2D eigenvalue weighted by Gasteiger charge is 2.29. The van der Waals surface area contributed by atoms with E-state index < -0.39 is 24.0 Å². The van der Waals surface area contributed by atoms with Gasteiger partial charge in [0.2, 0.25) is 5.91 Å². The molecule has 3 aromatic carbocycles. The smallest absolute Gasteiger partial charge is 0.407 e. The molecule has 0 aliphatic heterocycles. The van der Waals surface area contributed by atoms with Gasteiger partial charge in [0.1, 0.15) is 12.6 Å². The molecule has 7 nitrogen and oxygen atoms in total. The Kier molecular flexibility index (Phi) is 6.98. The van der Waals surface area contributed by atoms with Gasteiger partial charge in [0.25, 0.3) is 0 Å². The number of carboxylic acids is 1. The van der Waals surface area contributed by atoms with Crippen molar-refractivity contribution in [1.82, 2.24) is 5.32 Å². The molecule has 0 bridgehead atoms. The number of carboxylic acid groups (broad SMARTS) is 1. The highest BCUT2D eigenvalue weighted by atomic mass is 79.9. The summed E-state index contributed by atoms with van der Waals surface area (Å²) in [5.74, 6) is -1.66. The number of alkyl carbamates (subject to hydrolysis) is 1. The third-order valence-electron chi connectivity index (χ3n) is 5.77. The highest BCUT2D eigenvalue weighted by Crippen LogP contribution is 2.44. The summed E-state index contributed by atoms with van der Waals surface area (Å²) < 4.78 is 6.04. The largest absolute Gasteiger partial charge is 0.478 e. The Bertz CT molecular complexity index is 1210. The molecule has 2 amide bonds. The van der Waals surface area contributed by atoms with Crippen molar-refractivity contribution in [3.05, 3.63) is 87.9 Å². The molecular formula is C26H23BrN2O5. The Morgan fingerprint density at radius 3 is 2.21 bits per heavy atom. The molecular weight excluding hydrogens is 500 g/mol. The maximum atomic E-state index is 12.7. The maximum Gasteiger partial charge on any atom is 0.407 e. The highest BCUT2D eigenvalue weighted by molar-refractivity contribution is 9.10. The second-order valence-electron chi connectivity index (χ2n) is 7.95. The average molecular weight is 523 g/mol. The molecule has 8 heteroatoms. The number of ether oxygens (including phenoxy) is 1. The van der Waals surface area contributed by atoms with Crippen LogP contribution in [-0.4, -0.2) is 35.7 Å². The molecule has 4 rings (SSSR count). The predicted molar refractivity (Wildman–Crippen MR) is 132 cm³/mol. The number of hydrogen-bond donors (Lipinski definition) is 3. The van der Waals surface area contributed by atoms with Gasteiger partial charge >= 0.3 is 12.1 Å². The van der Waals surface area contributed by atoms with Crippen LogP contribution in [0.1, 0.15) is 40.7 Å². The number of aromatic carboxylic acids is 1. The lowest BCUT2D eigenvalue weighted by atomic mass is 9.98. The summed E-state index contributed by atoms with van der Waals surface area (Å²) in [6, 6.07) is 19.6. The molecule has 0 heterocycles. The molecule has 3 N–H and O–H groups in total. The molecule has 174 valence electrons. The van der Waals surface area contributed by atoms with Crippen LogP contribution < -0.4 is 10.6 Å². The van der Waals surface area contributed by atoms with Gasteiger partial charge in [-0.05, 0) is 46.9 Å². The number of anilines is 1. The zero-order chi connectivity index (χ0) is 24.2. The van der Waals surface area contributed by atoms with Crippen molar-refractivity contribution in [3.63, 3.8) is 0 Å². The van der Waals surface area contributed by atoms with Crippen LogP contribution in [0.15, 0.2) is 71.2 Å². The van der Waals surface area contributed by atoms with E-state index in [2.05, 4.69) is 38.7 Å². The van der Waals surface area contributed by atoms with E-state index in [1.807, 2.05) is 36.4 Å². The fraction of sp³-hybridized carbons (Fsp3) is 0.192. The van der Waals surface area contributed by atoms with Gasteiger partial charge in [-0.15, -0.1) is 0 Å². The SMILES string of the molecule is CC[C@H](NC(=O)OCC1c2ccccc2-c2ccccc21)C(=O)Nc1cc(Br)cc(C(=O)O)c1. The first-order valence-corrected chi connectivity index (χ1v) is 11.6. The van der Waals surface area contributed by atoms with Crippen LogP contribution in [0.25, 0.3) is 11.1 Å². The van der Waals surface area contributed by atoms with Gasteiger partial charge in [-0.3, -0.25) is 4.79 Å². The zero-order valence-electron chi connectivity index (χ0n) is 18.4. The number of fused-ring (bicyclic) bond motifs is 3. The first kappa shape index (κ1) is 23.5. The number of carbonyl (C=O) groups excluding carboxylic acids is 2. The molecule has 0 unspecified atom stereocenters. The number of benzene rings is 3. The normalized spacial score (nSPS) is 12.9. The average Bonchev–Trinajstić information content (AvgIpc) is 3.14. The minimum atomic E-state index is -1.11. The fourth-order valence-corrected chi connectivity index (χ4v) is 4.64. The van der Waals surface area contributed by atoms with E-state index in [4.69, 9.17) is 4.74 Å². The van der Waals surface area contributed by atoms with E-state index in [0.29, 0.717) is 16.6 Å². The molecule has 0 fully saturated rings. The first-order chi connectivity index (χ1) is 16.4. The van der Waals surface area contributed by atoms with Crippen LogP contribution in [0.5, 0.6) is 0 Å². The van der Waals surface area contributed by atoms with Crippen molar-refractivity contribution in [2.75, 3.05) is 11.9 Å². The number of hydrogen-bond acceptors (Lipinski definition) is 4. The number of rotatable bonds is 7. The van der Waals surface area contributed by atoms with Crippen molar-refractivity contribution in [1.29, 1.82) is 0 Å². The lowest BCUT2D eigenvalue weighted by Gasteiger charge is -2.19. The van der Waals surface area contributed by atoms with E-state index in [-0.39, 0.29) is 18.1 Å². The maximum absolute atomic E-state index is 12.7. The minimum Gasteiger partial charge on any atom is -0.478 e. The van der Waals surface area contributed by atoms with Crippen molar-refractivity contribution in [2.45, 2.75) is 25.3 Å². The van der Waals surface area contributed by atoms with Crippen molar-refractivity contribution >= 4 is 39.6 Å². The van der Waals surface area contributed by atoms with Gasteiger partial charge in [0.05, 0.1) is 5.56 Å². The molecule has 3 aromatic rings. The van der Waals surface area contributed by atoms with Crippen molar-refractivity contribution in [3.8, 4) is 11.1 Å². The van der Waals surface area contributed by atoms with Crippen LogP contribution >= 0.6 is 15.9 Å². The second kappa shape index (κ2) is 10.1. The second-order valence-corrected chi connectivity index (χ2v) is 8.87. The Morgan fingerprint density at radius 2 is 1.62 bits per heavy atom. The number of nitrogens with one attached hydrogen (secondary N) is 2.